The van der Waals surface area contributed by atoms with Gasteiger partial charge in [-0.15, -0.1) is 0 Å². The van der Waals surface area contributed by atoms with E-state index in [4.69, 9.17) is 27.9 Å². The Labute approximate surface area is 132 Å². The van der Waals surface area contributed by atoms with Crippen molar-refractivity contribution in [3.8, 4) is 17.1 Å². The van der Waals surface area contributed by atoms with Crippen LogP contribution in [0.15, 0.2) is 36.4 Å². The van der Waals surface area contributed by atoms with Crippen LogP contribution < -0.4 is 4.74 Å². The average molecular weight is 321 g/mol. The van der Waals surface area contributed by atoms with Gasteiger partial charge in [0, 0.05) is 5.56 Å². The van der Waals surface area contributed by atoms with E-state index in [0.717, 1.165) is 34.6 Å². The summed E-state index contributed by atoms with van der Waals surface area (Å²) in [4.78, 5) is 7.81. The third-order valence-electron chi connectivity index (χ3n) is 3.10. The first-order chi connectivity index (χ1) is 10.2. The molecule has 3 rings (SSSR count). The monoisotopic (exact) mass is 320 g/mol. The number of benzene rings is 2. The Hall–Kier alpha value is -1.71. The number of aromatic amines is 1. The highest BCUT2D eigenvalue weighted by molar-refractivity contribution is 6.42. The zero-order valence-electron chi connectivity index (χ0n) is 11.5. The molecule has 3 nitrogen and oxygen atoms in total. The fourth-order valence-corrected chi connectivity index (χ4v) is 2.42. The van der Waals surface area contributed by atoms with Gasteiger partial charge < -0.3 is 9.72 Å². The lowest BCUT2D eigenvalue weighted by atomic mass is 10.2. The van der Waals surface area contributed by atoms with Crippen LogP contribution in [0.2, 0.25) is 10.0 Å². The normalized spacial score (nSPS) is 11.0. The molecule has 0 atom stereocenters. The maximum atomic E-state index is 6.03. The molecule has 0 saturated carbocycles. The number of H-pyrrole nitrogens is 1. The van der Waals surface area contributed by atoms with E-state index in [1.807, 2.05) is 24.3 Å². The third-order valence-corrected chi connectivity index (χ3v) is 3.83. The number of imidazole rings is 1. The predicted molar refractivity (Wildman–Crippen MR) is 87.3 cm³/mol. The molecule has 0 amide bonds. The lowest BCUT2D eigenvalue weighted by Crippen LogP contribution is -1.94. The average Bonchev–Trinajstić information content (AvgIpc) is 2.89. The van der Waals surface area contributed by atoms with Crippen LogP contribution in [0.5, 0.6) is 5.75 Å². The summed E-state index contributed by atoms with van der Waals surface area (Å²) >= 11 is 12.0. The van der Waals surface area contributed by atoms with Crippen molar-refractivity contribution in [3.05, 3.63) is 46.4 Å². The number of fused-ring (bicyclic) bond motifs is 1. The highest BCUT2D eigenvalue weighted by Gasteiger charge is 2.09. The SMILES string of the molecule is CCCOc1cccc(-c2nc3cc(Cl)c(Cl)cc3[nH]2)c1. The largest absolute Gasteiger partial charge is 0.494 e. The summed E-state index contributed by atoms with van der Waals surface area (Å²) in [7, 11) is 0. The molecule has 21 heavy (non-hydrogen) atoms. The fourth-order valence-electron chi connectivity index (χ4n) is 2.09. The van der Waals surface area contributed by atoms with Gasteiger partial charge in [0.25, 0.3) is 0 Å². The number of rotatable bonds is 4. The van der Waals surface area contributed by atoms with Crippen LogP contribution in [-0.2, 0) is 0 Å². The predicted octanol–water partition coefficient (Wildman–Crippen LogP) is 5.33. The molecule has 1 aromatic heterocycles. The molecule has 0 aliphatic rings. The second kappa shape index (κ2) is 5.96. The van der Waals surface area contributed by atoms with Crippen LogP contribution in [0.3, 0.4) is 0 Å². The lowest BCUT2D eigenvalue weighted by Gasteiger charge is -2.05. The number of ether oxygens (including phenoxy) is 1. The Morgan fingerprint density at radius 2 is 1.95 bits per heavy atom. The van der Waals surface area contributed by atoms with Gasteiger partial charge in [-0.3, -0.25) is 0 Å². The summed E-state index contributed by atoms with van der Waals surface area (Å²) in [5.74, 6) is 1.61. The Kier molecular flexibility index (Phi) is 4.04. The van der Waals surface area contributed by atoms with E-state index in [-0.39, 0.29) is 0 Å². The Balaban J connectivity index is 2.00. The summed E-state index contributed by atoms with van der Waals surface area (Å²) in [6.45, 7) is 2.78. The lowest BCUT2D eigenvalue weighted by molar-refractivity contribution is 0.317. The van der Waals surface area contributed by atoms with Gasteiger partial charge in [-0.05, 0) is 30.7 Å². The molecular weight excluding hydrogens is 307 g/mol. The number of nitrogens with one attached hydrogen (secondary N) is 1. The highest BCUT2D eigenvalue weighted by Crippen LogP contribution is 2.29. The van der Waals surface area contributed by atoms with Crippen molar-refractivity contribution in [3.63, 3.8) is 0 Å². The standard InChI is InChI=1S/C16H14Cl2N2O/c1-2-6-21-11-5-3-4-10(7-11)16-19-14-8-12(17)13(18)9-15(14)20-16/h3-5,7-9H,2,6H2,1H3,(H,19,20). The van der Waals surface area contributed by atoms with Crippen molar-refractivity contribution in [2.24, 2.45) is 0 Å². The van der Waals surface area contributed by atoms with E-state index >= 15 is 0 Å². The first kappa shape index (κ1) is 14.2. The van der Waals surface area contributed by atoms with Crippen LogP contribution in [0.25, 0.3) is 22.4 Å². The number of halogens is 2. The van der Waals surface area contributed by atoms with Gasteiger partial charge in [-0.1, -0.05) is 42.3 Å². The highest BCUT2D eigenvalue weighted by atomic mass is 35.5. The molecule has 0 radical (unpaired) electrons. The zero-order valence-corrected chi connectivity index (χ0v) is 13.0. The molecule has 5 heteroatoms. The van der Waals surface area contributed by atoms with E-state index < -0.39 is 0 Å². The molecule has 0 spiro atoms. The summed E-state index contributed by atoms with van der Waals surface area (Å²) in [6.07, 6.45) is 0.978. The van der Waals surface area contributed by atoms with Gasteiger partial charge >= 0.3 is 0 Å². The van der Waals surface area contributed by atoms with E-state index in [0.29, 0.717) is 16.7 Å². The van der Waals surface area contributed by atoms with E-state index in [2.05, 4.69) is 16.9 Å². The van der Waals surface area contributed by atoms with Gasteiger partial charge in [0.15, 0.2) is 0 Å². The Morgan fingerprint density at radius 3 is 2.76 bits per heavy atom. The van der Waals surface area contributed by atoms with Crippen LogP contribution in [0.4, 0.5) is 0 Å². The summed E-state index contributed by atoms with van der Waals surface area (Å²) in [6, 6.07) is 11.4. The van der Waals surface area contributed by atoms with Crippen LogP contribution in [0, 0.1) is 0 Å². The molecule has 1 N–H and O–H groups in total. The number of nitrogens with zero attached hydrogens (tertiary/aromatic N) is 1. The first-order valence-corrected chi connectivity index (χ1v) is 7.51. The first-order valence-electron chi connectivity index (χ1n) is 6.75. The molecule has 2 aromatic carbocycles. The van der Waals surface area contributed by atoms with Gasteiger partial charge in [0.1, 0.15) is 11.6 Å². The molecule has 1 heterocycles. The third kappa shape index (κ3) is 2.99. The number of hydrogen-bond acceptors (Lipinski definition) is 2. The molecule has 3 aromatic rings. The van der Waals surface area contributed by atoms with Crippen molar-refractivity contribution in [2.45, 2.75) is 13.3 Å². The van der Waals surface area contributed by atoms with E-state index in [1.54, 1.807) is 12.1 Å². The Bertz CT molecular complexity index is 744. The van der Waals surface area contributed by atoms with E-state index in [1.165, 1.54) is 0 Å². The minimum atomic E-state index is 0.502. The molecular formula is C16H14Cl2N2O. The van der Waals surface area contributed by atoms with Gasteiger partial charge in [-0.2, -0.15) is 0 Å². The Morgan fingerprint density at radius 1 is 1.14 bits per heavy atom. The maximum Gasteiger partial charge on any atom is 0.138 e. The zero-order chi connectivity index (χ0) is 14.8. The quantitative estimate of drug-likeness (QED) is 0.705. The number of hydrogen-bond donors (Lipinski definition) is 1. The molecule has 0 bridgehead atoms. The molecule has 0 unspecified atom stereocenters. The van der Waals surface area contributed by atoms with Crippen molar-refractivity contribution in [1.82, 2.24) is 9.97 Å². The number of aromatic nitrogens is 2. The van der Waals surface area contributed by atoms with Crippen molar-refractivity contribution in [2.75, 3.05) is 6.61 Å². The van der Waals surface area contributed by atoms with Crippen molar-refractivity contribution >= 4 is 34.2 Å². The second-order valence-electron chi connectivity index (χ2n) is 4.75. The summed E-state index contributed by atoms with van der Waals surface area (Å²) < 4.78 is 5.65. The fraction of sp³-hybridized carbons (Fsp3) is 0.188. The maximum absolute atomic E-state index is 6.03. The van der Waals surface area contributed by atoms with Gasteiger partial charge in [-0.25, -0.2) is 4.98 Å². The molecule has 0 saturated heterocycles. The van der Waals surface area contributed by atoms with Crippen LogP contribution in [0.1, 0.15) is 13.3 Å². The van der Waals surface area contributed by atoms with Crippen molar-refractivity contribution < 1.29 is 4.74 Å². The molecule has 0 aliphatic carbocycles. The van der Waals surface area contributed by atoms with E-state index in [9.17, 15) is 0 Å². The molecule has 0 fully saturated rings. The smallest absolute Gasteiger partial charge is 0.138 e. The summed E-state index contributed by atoms with van der Waals surface area (Å²) in [5, 5.41) is 1.02. The van der Waals surface area contributed by atoms with Crippen molar-refractivity contribution in [1.29, 1.82) is 0 Å². The van der Waals surface area contributed by atoms with Crippen LogP contribution >= 0.6 is 23.2 Å². The van der Waals surface area contributed by atoms with Gasteiger partial charge in [0.2, 0.25) is 0 Å². The minimum absolute atomic E-state index is 0.502. The minimum Gasteiger partial charge on any atom is -0.494 e. The second-order valence-corrected chi connectivity index (χ2v) is 5.56. The summed E-state index contributed by atoms with van der Waals surface area (Å²) in [5.41, 5.74) is 2.62. The molecule has 108 valence electrons. The topological polar surface area (TPSA) is 37.9 Å². The van der Waals surface area contributed by atoms with Crippen LogP contribution in [-0.4, -0.2) is 16.6 Å². The van der Waals surface area contributed by atoms with Gasteiger partial charge in [0.05, 0.1) is 27.7 Å². The molecule has 0 aliphatic heterocycles.